The monoisotopic (exact) mass is 228 g/mol. The van der Waals surface area contributed by atoms with E-state index < -0.39 is 0 Å². The number of halogens is 1. The van der Waals surface area contributed by atoms with Gasteiger partial charge in [0, 0.05) is 5.57 Å². The van der Waals surface area contributed by atoms with Gasteiger partial charge in [0.25, 0.3) is 0 Å². The van der Waals surface area contributed by atoms with Crippen molar-refractivity contribution in [3.63, 3.8) is 0 Å². The number of allylic oxidation sites excluding steroid dienone is 5. The minimum absolute atomic E-state index is 0.0931. The van der Waals surface area contributed by atoms with Gasteiger partial charge in [0.05, 0.1) is 4.83 Å². The first-order valence-corrected chi connectivity index (χ1v) is 4.68. The van der Waals surface area contributed by atoms with E-state index in [2.05, 4.69) is 22.5 Å². The van der Waals surface area contributed by atoms with Gasteiger partial charge in [-0.3, -0.25) is 4.79 Å². The number of carbonyl (C=O) groups excluding carboxylic acids is 1. The van der Waals surface area contributed by atoms with E-state index in [0.29, 0.717) is 5.57 Å². The molecule has 0 aromatic rings. The zero-order valence-electron chi connectivity index (χ0n) is 7.38. The first-order valence-electron chi connectivity index (χ1n) is 3.77. The molecule has 0 aromatic carbocycles. The summed E-state index contributed by atoms with van der Waals surface area (Å²) in [7, 11) is 0. The van der Waals surface area contributed by atoms with Gasteiger partial charge in [-0.25, -0.2) is 0 Å². The van der Waals surface area contributed by atoms with Gasteiger partial charge in [0.1, 0.15) is 0 Å². The maximum atomic E-state index is 11.4. The van der Waals surface area contributed by atoms with E-state index in [9.17, 15) is 4.79 Å². The first-order chi connectivity index (χ1) is 5.63. The molecule has 1 atom stereocenters. The summed E-state index contributed by atoms with van der Waals surface area (Å²) >= 11 is 3.22. The maximum absolute atomic E-state index is 11.4. The quantitative estimate of drug-likeness (QED) is 0.411. The highest BCUT2D eigenvalue weighted by Crippen LogP contribution is 2.08. The molecule has 0 spiro atoms. The van der Waals surface area contributed by atoms with Crippen LogP contribution < -0.4 is 0 Å². The van der Waals surface area contributed by atoms with Crippen LogP contribution in [0.1, 0.15) is 13.8 Å². The summed E-state index contributed by atoms with van der Waals surface area (Å²) in [5.74, 6) is 0.0931. The van der Waals surface area contributed by atoms with Gasteiger partial charge in [-0.15, -0.1) is 0 Å². The van der Waals surface area contributed by atoms with Gasteiger partial charge in [0.2, 0.25) is 0 Å². The van der Waals surface area contributed by atoms with E-state index in [1.807, 2.05) is 13.8 Å². The second-order valence-electron chi connectivity index (χ2n) is 2.32. The van der Waals surface area contributed by atoms with E-state index in [-0.39, 0.29) is 10.6 Å². The number of ketones is 1. The summed E-state index contributed by atoms with van der Waals surface area (Å²) in [4.78, 5) is 11.3. The highest BCUT2D eigenvalue weighted by molar-refractivity contribution is 9.10. The fourth-order valence-corrected chi connectivity index (χ4v) is 0.986. The molecular formula is C10H13BrO. The van der Waals surface area contributed by atoms with Crippen molar-refractivity contribution >= 4 is 21.7 Å². The minimum Gasteiger partial charge on any atom is -0.293 e. The molecule has 0 fully saturated rings. The molecule has 0 N–H and O–H groups in total. The third-order valence-corrected chi connectivity index (χ3v) is 1.78. The summed E-state index contributed by atoms with van der Waals surface area (Å²) in [6.45, 7) is 7.19. The Bertz CT molecular complexity index is 224. The average molecular weight is 229 g/mol. The van der Waals surface area contributed by atoms with Crippen LogP contribution in [0, 0.1) is 0 Å². The zero-order valence-corrected chi connectivity index (χ0v) is 8.97. The molecule has 66 valence electrons. The third-order valence-electron chi connectivity index (χ3n) is 1.37. The fraction of sp³-hybridized carbons (Fsp3) is 0.300. The van der Waals surface area contributed by atoms with Crippen LogP contribution in [0.5, 0.6) is 0 Å². The molecule has 0 aliphatic carbocycles. The van der Waals surface area contributed by atoms with E-state index in [0.717, 1.165) is 0 Å². The lowest BCUT2D eigenvalue weighted by Gasteiger charge is -2.01. The van der Waals surface area contributed by atoms with Crippen LogP contribution in [-0.2, 0) is 4.79 Å². The largest absolute Gasteiger partial charge is 0.293 e. The highest BCUT2D eigenvalue weighted by Gasteiger charge is 2.10. The van der Waals surface area contributed by atoms with Crippen molar-refractivity contribution in [2.24, 2.45) is 0 Å². The molecule has 0 bridgehead atoms. The number of rotatable bonds is 4. The van der Waals surface area contributed by atoms with E-state index in [1.165, 1.54) is 0 Å². The molecule has 0 radical (unpaired) electrons. The van der Waals surface area contributed by atoms with E-state index in [1.54, 1.807) is 24.3 Å². The zero-order chi connectivity index (χ0) is 9.56. The lowest BCUT2D eigenvalue weighted by molar-refractivity contribution is -0.114. The van der Waals surface area contributed by atoms with Crippen LogP contribution in [0.15, 0.2) is 36.5 Å². The SMILES string of the molecule is C=C/C=C\C(=C/C)C(=O)C(C)Br. The Labute approximate surface area is 82.0 Å². The molecule has 1 unspecified atom stereocenters. The van der Waals surface area contributed by atoms with Crippen molar-refractivity contribution < 1.29 is 4.79 Å². The van der Waals surface area contributed by atoms with E-state index in [4.69, 9.17) is 0 Å². The Hall–Kier alpha value is -0.630. The fourth-order valence-electron chi connectivity index (χ4n) is 0.722. The van der Waals surface area contributed by atoms with Gasteiger partial charge >= 0.3 is 0 Å². The van der Waals surface area contributed by atoms with Gasteiger partial charge in [-0.05, 0) is 13.8 Å². The number of carbonyl (C=O) groups is 1. The molecule has 12 heavy (non-hydrogen) atoms. The van der Waals surface area contributed by atoms with Gasteiger partial charge < -0.3 is 0 Å². The molecule has 0 aromatic heterocycles. The summed E-state index contributed by atoms with van der Waals surface area (Å²) in [5, 5.41) is 0. The van der Waals surface area contributed by atoms with Crippen molar-refractivity contribution in [2.45, 2.75) is 18.7 Å². The smallest absolute Gasteiger partial charge is 0.175 e. The highest BCUT2D eigenvalue weighted by atomic mass is 79.9. The van der Waals surface area contributed by atoms with Crippen molar-refractivity contribution in [1.29, 1.82) is 0 Å². The molecular weight excluding hydrogens is 216 g/mol. The van der Waals surface area contributed by atoms with Crippen molar-refractivity contribution in [3.05, 3.63) is 36.5 Å². The Morgan fingerprint density at radius 2 is 2.17 bits per heavy atom. The number of Topliss-reactive ketones (excluding diaryl/α,β-unsaturated/α-hetero) is 1. The molecule has 0 aliphatic heterocycles. The van der Waals surface area contributed by atoms with Gasteiger partial charge in [0.15, 0.2) is 5.78 Å². The molecule has 0 saturated carbocycles. The Morgan fingerprint density at radius 3 is 2.50 bits per heavy atom. The lowest BCUT2D eigenvalue weighted by atomic mass is 10.1. The normalized spacial score (nSPS) is 14.8. The van der Waals surface area contributed by atoms with Crippen molar-refractivity contribution in [2.75, 3.05) is 0 Å². The van der Waals surface area contributed by atoms with Crippen LogP contribution in [0.4, 0.5) is 0 Å². The maximum Gasteiger partial charge on any atom is 0.175 e. The van der Waals surface area contributed by atoms with Crippen molar-refractivity contribution in [1.82, 2.24) is 0 Å². The number of hydrogen-bond acceptors (Lipinski definition) is 1. The molecule has 2 heteroatoms. The van der Waals surface area contributed by atoms with Crippen molar-refractivity contribution in [3.8, 4) is 0 Å². The van der Waals surface area contributed by atoms with Crippen LogP contribution in [-0.4, -0.2) is 10.6 Å². The topological polar surface area (TPSA) is 17.1 Å². The molecule has 1 nitrogen and oxygen atoms in total. The Morgan fingerprint density at radius 1 is 1.58 bits per heavy atom. The molecule has 0 aliphatic rings. The third kappa shape index (κ3) is 3.67. The summed E-state index contributed by atoms with van der Waals surface area (Å²) in [6.07, 6.45) is 6.95. The predicted molar refractivity (Wildman–Crippen MR) is 56.5 cm³/mol. The Balaban J connectivity index is 4.48. The van der Waals surface area contributed by atoms with Crippen LogP contribution in [0.25, 0.3) is 0 Å². The summed E-state index contributed by atoms with van der Waals surface area (Å²) in [5.41, 5.74) is 0.708. The lowest BCUT2D eigenvalue weighted by Crippen LogP contribution is -2.10. The molecule has 0 saturated heterocycles. The Kier molecular flexibility index (Phi) is 5.64. The predicted octanol–water partition coefficient (Wildman–Crippen LogP) is 3.03. The minimum atomic E-state index is -0.127. The molecule has 0 rings (SSSR count). The standard InChI is InChI=1S/C10H13BrO/c1-4-6-7-9(5-2)10(12)8(3)11/h4-8H,1H2,2-3H3/b7-6-,9-5+. The van der Waals surface area contributed by atoms with Gasteiger partial charge in [-0.1, -0.05) is 46.8 Å². The second kappa shape index (κ2) is 5.95. The number of alkyl halides is 1. The van der Waals surface area contributed by atoms with E-state index >= 15 is 0 Å². The molecule has 0 heterocycles. The van der Waals surface area contributed by atoms with Crippen LogP contribution in [0.2, 0.25) is 0 Å². The summed E-state index contributed by atoms with van der Waals surface area (Å²) < 4.78 is 0. The second-order valence-corrected chi connectivity index (χ2v) is 3.69. The first kappa shape index (κ1) is 11.4. The number of hydrogen-bond donors (Lipinski definition) is 0. The summed E-state index contributed by atoms with van der Waals surface area (Å²) in [6, 6.07) is 0. The van der Waals surface area contributed by atoms with Crippen LogP contribution in [0.3, 0.4) is 0 Å². The van der Waals surface area contributed by atoms with Gasteiger partial charge in [-0.2, -0.15) is 0 Å². The molecule has 0 amide bonds. The van der Waals surface area contributed by atoms with Crippen LogP contribution >= 0.6 is 15.9 Å². The average Bonchev–Trinajstić information content (AvgIpc) is 2.05.